The number of carbonyl (C=O) groups excluding carboxylic acids is 1. The lowest BCUT2D eigenvalue weighted by molar-refractivity contribution is -0.143. The number of piperazine rings is 1. The predicted molar refractivity (Wildman–Crippen MR) is 123 cm³/mol. The Kier molecular flexibility index (Phi) is 6.82. The molecule has 176 valence electrons. The summed E-state index contributed by atoms with van der Waals surface area (Å²) in [5.41, 5.74) is 1.62. The minimum absolute atomic E-state index is 0.105. The summed E-state index contributed by atoms with van der Waals surface area (Å²) in [7, 11) is -3.71. The number of esters is 1. The Labute approximate surface area is 197 Å². The fraction of sp³-hybridized carbons (Fsp3) is 0.429. The van der Waals surface area contributed by atoms with Gasteiger partial charge in [0.15, 0.2) is 0 Å². The molecule has 2 aromatic heterocycles. The number of sulfonamides is 1. The molecule has 12 heteroatoms. The average Bonchev–Trinajstić information content (AvgIpc) is 3.25. The Balaban J connectivity index is 1.60. The van der Waals surface area contributed by atoms with Gasteiger partial charge in [0.25, 0.3) is 5.78 Å². The molecule has 4 rings (SSSR count). The third kappa shape index (κ3) is 4.66. The molecule has 1 aliphatic heterocycles. The lowest BCUT2D eigenvalue weighted by atomic mass is 10.1. The second-order valence-corrected chi connectivity index (χ2v) is 9.91. The van der Waals surface area contributed by atoms with E-state index in [4.69, 9.17) is 16.3 Å². The Bertz CT molecular complexity index is 1270. The first-order valence-electron chi connectivity index (χ1n) is 10.7. The topological polar surface area (TPSA) is 110 Å². The maximum atomic E-state index is 13.1. The molecule has 0 N–H and O–H groups in total. The van der Waals surface area contributed by atoms with Crippen LogP contribution >= 0.6 is 11.6 Å². The summed E-state index contributed by atoms with van der Waals surface area (Å²) in [5, 5.41) is 4.53. The number of aryl methyl sites for hydroxylation is 1. The van der Waals surface area contributed by atoms with Gasteiger partial charge in [-0.2, -0.15) is 18.9 Å². The van der Waals surface area contributed by atoms with Crippen LogP contribution < -0.4 is 4.90 Å². The first kappa shape index (κ1) is 23.4. The molecule has 0 amide bonds. The zero-order valence-electron chi connectivity index (χ0n) is 18.4. The van der Waals surface area contributed by atoms with Gasteiger partial charge < -0.3 is 9.64 Å². The molecule has 3 heterocycles. The molecule has 33 heavy (non-hydrogen) atoms. The highest BCUT2D eigenvalue weighted by Gasteiger charge is 2.32. The molecule has 1 fully saturated rings. The Morgan fingerprint density at radius 3 is 2.61 bits per heavy atom. The van der Waals surface area contributed by atoms with Crippen molar-refractivity contribution in [3.63, 3.8) is 0 Å². The van der Waals surface area contributed by atoms with Crippen LogP contribution in [0, 0.1) is 6.92 Å². The zero-order valence-corrected chi connectivity index (χ0v) is 20.0. The molecule has 1 aliphatic rings. The largest absolute Gasteiger partial charge is 0.466 e. The van der Waals surface area contributed by atoms with E-state index >= 15 is 0 Å². The van der Waals surface area contributed by atoms with E-state index in [1.807, 2.05) is 6.92 Å². The van der Waals surface area contributed by atoms with E-state index in [2.05, 4.69) is 20.0 Å². The Morgan fingerprint density at radius 1 is 1.18 bits per heavy atom. The predicted octanol–water partition coefficient (Wildman–Crippen LogP) is 2.09. The van der Waals surface area contributed by atoms with Gasteiger partial charge in [0.1, 0.15) is 17.0 Å². The summed E-state index contributed by atoms with van der Waals surface area (Å²) in [6.07, 6.45) is 2.07. The van der Waals surface area contributed by atoms with Gasteiger partial charge in [0.05, 0.1) is 11.6 Å². The molecule has 0 unspecified atom stereocenters. The number of hydrogen-bond donors (Lipinski definition) is 0. The van der Waals surface area contributed by atoms with E-state index in [1.54, 1.807) is 29.6 Å². The molecule has 1 saturated heterocycles. The van der Waals surface area contributed by atoms with E-state index in [0.29, 0.717) is 31.9 Å². The van der Waals surface area contributed by atoms with Crippen molar-refractivity contribution in [1.29, 1.82) is 0 Å². The third-order valence-electron chi connectivity index (χ3n) is 5.58. The lowest BCUT2D eigenvalue weighted by Crippen LogP contribution is -2.49. The Hall–Kier alpha value is -2.76. The highest BCUT2D eigenvalue weighted by Crippen LogP contribution is 2.29. The second-order valence-electron chi connectivity index (χ2n) is 7.60. The molecule has 1 aromatic carbocycles. The van der Waals surface area contributed by atoms with Crippen molar-refractivity contribution >= 4 is 39.2 Å². The number of carbonyl (C=O) groups is 1. The van der Waals surface area contributed by atoms with Gasteiger partial charge in [0.2, 0.25) is 10.0 Å². The number of ether oxygens (including phenoxy) is 1. The minimum Gasteiger partial charge on any atom is -0.466 e. The number of nitrogens with zero attached hydrogens (tertiary/aromatic N) is 6. The quantitative estimate of drug-likeness (QED) is 0.461. The van der Waals surface area contributed by atoms with Crippen LogP contribution in [-0.4, -0.2) is 71.1 Å². The number of hydrogen-bond acceptors (Lipinski definition) is 8. The van der Waals surface area contributed by atoms with Gasteiger partial charge in [0, 0.05) is 43.9 Å². The van der Waals surface area contributed by atoms with Gasteiger partial charge in [-0.3, -0.25) is 4.79 Å². The minimum atomic E-state index is -3.71. The van der Waals surface area contributed by atoms with Crippen molar-refractivity contribution in [2.45, 2.75) is 31.6 Å². The van der Waals surface area contributed by atoms with E-state index in [9.17, 15) is 13.2 Å². The first-order valence-corrected chi connectivity index (χ1v) is 12.5. The van der Waals surface area contributed by atoms with Crippen molar-refractivity contribution in [2.24, 2.45) is 0 Å². The third-order valence-corrected chi connectivity index (χ3v) is 7.98. The van der Waals surface area contributed by atoms with E-state index in [-0.39, 0.29) is 35.4 Å². The molecule has 0 bridgehead atoms. The summed E-state index contributed by atoms with van der Waals surface area (Å²) in [6, 6.07) is 6.45. The van der Waals surface area contributed by atoms with Gasteiger partial charge >= 0.3 is 5.97 Å². The number of rotatable bonds is 7. The zero-order chi connectivity index (χ0) is 23.6. The number of aromatic nitrogens is 4. The second kappa shape index (κ2) is 9.62. The lowest BCUT2D eigenvalue weighted by Gasteiger charge is -2.36. The van der Waals surface area contributed by atoms with Crippen molar-refractivity contribution in [2.75, 3.05) is 37.7 Å². The molecular weight excluding hydrogens is 468 g/mol. The highest BCUT2D eigenvalue weighted by molar-refractivity contribution is 7.89. The molecule has 0 atom stereocenters. The van der Waals surface area contributed by atoms with E-state index in [0.717, 1.165) is 17.1 Å². The van der Waals surface area contributed by atoms with E-state index in [1.165, 1.54) is 16.7 Å². The van der Waals surface area contributed by atoms with Crippen LogP contribution in [0.4, 0.5) is 5.82 Å². The van der Waals surface area contributed by atoms with Crippen LogP contribution in [0.1, 0.15) is 24.6 Å². The summed E-state index contributed by atoms with van der Waals surface area (Å²) in [4.78, 5) is 22.9. The number of benzene rings is 1. The van der Waals surface area contributed by atoms with E-state index < -0.39 is 10.0 Å². The average molecular weight is 493 g/mol. The smallest absolute Gasteiger partial charge is 0.306 e. The number of halogens is 1. The maximum Gasteiger partial charge on any atom is 0.306 e. The van der Waals surface area contributed by atoms with Crippen molar-refractivity contribution in [1.82, 2.24) is 23.9 Å². The number of fused-ring (bicyclic) bond motifs is 1. The van der Waals surface area contributed by atoms with Crippen LogP contribution in [0.5, 0.6) is 0 Å². The van der Waals surface area contributed by atoms with Gasteiger partial charge in [-0.1, -0.05) is 23.7 Å². The van der Waals surface area contributed by atoms with Gasteiger partial charge in [-0.15, -0.1) is 0 Å². The fourth-order valence-corrected chi connectivity index (χ4v) is 5.89. The molecule has 0 aliphatic carbocycles. The van der Waals surface area contributed by atoms with Crippen molar-refractivity contribution < 1.29 is 17.9 Å². The monoisotopic (exact) mass is 492 g/mol. The molecule has 0 spiro atoms. The van der Waals surface area contributed by atoms with Crippen LogP contribution in [0.25, 0.3) is 5.78 Å². The van der Waals surface area contributed by atoms with Crippen LogP contribution in [0.15, 0.2) is 35.5 Å². The Morgan fingerprint density at radius 2 is 1.91 bits per heavy atom. The highest BCUT2D eigenvalue weighted by atomic mass is 35.5. The van der Waals surface area contributed by atoms with Gasteiger partial charge in [-0.25, -0.2) is 13.4 Å². The maximum absolute atomic E-state index is 13.1. The molecular formula is C21H25ClN6O4S. The summed E-state index contributed by atoms with van der Waals surface area (Å²) < 4.78 is 34.4. The standard InChI is InChI=1S/C21H25ClN6O4S/c1-3-32-19(29)9-8-16-15(2)25-21-23-14-24-28(21)20(16)26-10-12-27(13-11-26)33(30,31)18-7-5-4-6-17(18)22/h4-7,14H,3,8-13H2,1-2H3. The summed E-state index contributed by atoms with van der Waals surface area (Å²) >= 11 is 6.15. The number of anilines is 1. The molecule has 10 nitrogen and oxygen atoms in total. The summed E-state index contributed by atoms with van der Waals surface area (Å²) in [6.45, 7) is 5.41. The molecule has 0 saturated carbocycles. The van der Waals surface area contributed by atoms with Crippen LogP contribution in [-0.2, 0) is 26.0 Å². The SMILES string of the molecule is CCOC(=O)CCc1c(C)nc2ncnn2c1N1CCN(S(=O)(=O)c2ccccc2Cl)CC1. The fourth-order valence-electron chi connectivity index (χ4n) is 3.98. The van der Waals surface area contributed by atoms with Crippen LogP contribution in [0.2, 0.25) is 5.02 Å². The molecule has 3 aromatic rings. The van der Waals surface area contributed by atoms with Crippen LogP contribution in [0.3, 0.4) is 0 Å². The van der Waals surface area contributed by atoms with Gasteiger partial charge in [-0.05, 0) is 32.4 Å². The normalized spacial score (nSPS) is 15.2. The van der Waals surface area contributed by atoms with Crippen molar-refractivity contribution in [3.05, 3.63) is 46.9 Å². The first-order chi connectivity index (χ1) is 15.8. The summed E-state index contributed by atoms with van der Waals surface area (Å²) in [5.74, 6) is 0.944. The van der Waals surface area contributed by atoms with Crippen molar-refractivity contribution in [3.8, 4) is 0 Å². The molecule has 0 radical (unpaired) electrons.